The summed E-state index contributed by atoms with van der Waals surface area (Å²) in [5.74, 6) is 2.56. The maximum absolute atomic E-state index is 6.36. The highest BCUT2D eigenvalue weighted by molar-refractivity contribution is 5.64. The molecule has 1 saturated carbocycles. The Morgan fingerprint density at radius 3 is 1.54 bits per heavy atom. The number of unbranched alkanes of at least 4 members (excludes halogenated alkanes) is 10. The fourth-order valence-corrected chi connectivity index (χ4v) is 8.72. The van der Waals surface area contributed by atoms with Gasteiger partial charge in [0.05, 0.1) is 25.4 Å². The molecule has 4 heteroatoms. The number of benzene rings is 2. The molecule has 5 rings (SSSR count). The molecule has 0 amide bonds. The molecule has 2 aromatic rings. The molecular formula is C46H72O4. The monoisotopic (exact) mass is 689 g/mol. The van der Waals surface area contributed by atoms with Crippen LogP contribution in [0.25, 0.3) is 11.1 Å². The normalized spacial score (nSPS) is 28.9. The molecule has 1 aliphatic carbocycles. The Morgan fingerprint density at radius 2 is 1.00 bits per heavy atom. The molecule has 2 aromatic carbocycles. The summed E-state index contributed by atoms with van der Waals surface area (Å²) in [7, 11) is 0. The highest BCUT2D eigenvalue weighted by Crippen LogP contribution is 2.39. The quantitative estimate of drug-likeness (QED) is 0.130. The number of rotatable bonds is 20. The molecular weight excluding hydrogens is 617 g/mol. The van der Waals surface area contributed by atoms with Gasteiger partial charge in [0.1, 0.15) is 0 Å². The number of hydrogen-bond donors (Lipinski definition) is 0. The van der Waals surface area contributed by atoms with Crippen LogP contribution in [0.15, 0.2) is 48.5 Å². The van der Waals surface area contributed by atoms with Crippen LogP contribution in [0.5, 0.6) is 0 Å². The minimum Gasteiger partial charge on any atom is -0.352 e. The highest BCUT2D eigenvalue weighted by Gasteiger charge is 2.31. The van der Waals surface area contributed by atoms with Crippen LogP contribution in [0.2, 0.25) is 0 Å². The van der Waals surface area contributed by atoms with Gasteiger partial charge in [-0.1, -0.05) is 139 Å². The van der Waals surface area contributed by atoms with Gasteiger partial charge in [0.2, 0.25) is 0 Å². The van der Waals surface area contributed by atoms with Crippen molar-refractivity contribution in [2.24, 2.45) is 17.8 Å². The fourth-order valence-electron chi connectivity index (χ4n) is 8.72. The first-order chi connectivity index (χ1) is 24.5. The summed E-state index contributed by atoms with van der Waals surface area (Å²) in [6.45, 7) is 10.8. The van der Waals surface area contributed by atoms with E-state index in [0.29, 0.717) is 23.9 Å². The molecule has 280 valence electrons. The topological polar surface area (TPSA) is 36.9 Å². The molecule has 0 N–H and O–H groups in total. The van der Waals surface area contributed by atoms with E-state index in [4.69, 9.17) is 18.9 Å². The zero-order valence-corrected chi connectivity index (χ0v) is 32.4. The van der Waals surface area contributed by atoms with Gasteiger partial charge in [0.15, 0.2) is 12.6 Å². The number of ether oxygens (including phenoxy) is 4. The summed E-state index contributed by atoms with van der Waals surface area (Å²) in [5, 5.41) is 0. The Morgan fingerprint density at radius 1 is 0.500 bits per heavy atom. The first kappa shape index (κ1) is 39.5. The van der Waals surface area contributed by atoms with Crippen molar-refractivity contribution in [2.75, 3.05) is 13.2 Å². The smallest absolute Gasteiger partial charge is 0.184 e. The van der Waals surface area contributed by atoms with E-state index in [-0.39, 0.29) is 18.7 Å². The summed E-state index contributed by atoms with van der Waals surface area (Å²) in [6.07, 6.45) is 26.5. The standard InChI is InChI=1S/C46H72O4/c1-5-7-9-11-13-15-17-43-33-47-45(49-35(43)3)32-21-37-19-22-38(23-20-37)39-24-26-40(27-25-39)41-28-30-42(31-29-41)46-48-34-44(36(4)50-46)18-16-14-12-10-8-6-2/h24-31,35-38,43-46H,5-23,32-34H2,1-4H3/t35-,36?,37?,38?,43+,44+,45+,46+/m0/s1. The third kappa shape index (κ3) is 12.5. The summed E-state index contributed by atoms with van der Waals surface area (Å²) < 4.78 is 25.2. The fraction of sp³-hybridized carbons (Fsp3) is 0.739. The van der Waals surface area contributed by atoms with Crippen molar-refractivity contribution in [1.29, 1.82) is 0 Å². The Balaban J connectivity index is 0.974. The van der Waals surface area contributed by atoms with Crippen molar-refractivity contribution in [3.05, 3.63) is 59.7 Å². The molecule has 0 bridgehead atoms. The minimum atomic E-state index is -0.254. The third-order valence-corrected chi connectivity index (χ3v) is 12.4. The maximum Gasteiger partial charge on any atom is 0.184 e. The summed E-state index contributed by atoms with van der Waals surface area (Å²) >= 11 is 0. The molecule has 0 aromatic heterocycles. The van der Waals surface area contributed by atoms with Crippen molar-refractivity contribution in [3.8, 4) is 11.1 Å². The van der Waals surface area contributed by atoms with Crippen LogP contribution in [0.3, 0.4) is 0 Å². The van der Waals surface area contributed by atoms with E-state index in [1.54, 1.807) is 0 Å². The van der Waals surface area contributed by atoms with E-state index in [1.807, 2.05) is 0 Å². The SMILES string of the molecule is CCCCCCCC[C@@H]1CO[C@@H](c2ccc(-c3ccc(C4CCC(CC[C@@H]5OC[C@@H](CCCCCCCC)[C@H](C)O5)CC4)cc3)cc2)OC1C. The Bertz CT molecular complexity index is 1170. The molecule has 0 radical (unpaired) electrons. The Hall–Kier alpha value is -1.72. The highest BCUT2D eigenvalue weighted by atomic mass is 16.7. The van der Waals surface area contributed by atoms with Crippen molar-refractivity contribution < 1.29 is 18.9 Å². The lowest BCUT2D eigenvalue weighted by Gasteiger charge is -2.36. The predicted molar refractivity (Wildman–Crippen MR) is 208 cm³/mol. The molecule has 50 heavy (non-hydrogen) atoms. The van der Waals surface area contributed by atoms with Crippen LogP contribution < -0.4 is 0 Å². The van der Waals surface area contributed by atoms with Gasteiger partial charge in [-0.25, -0.2) is 0 Å². The van der Waals surface area contributed by atoms with E-state index in [2.05, 4.69) is 76.2 Å². The van der Waals surface area contributed by atoms with Gasteiger partial charge >= 0.3 is 0 Å². The van der Waals surface area contributed by atoms with E-state index < -0.39 is 0 Å². The molecule has 3 fully saturated rings. The summed E-state index contributed by atoms with van der Waals surface area (Å²) in [5.41, 5.74) is 5.16. The molecule has 0 spiro atoms. The van der Waals surface area contributed by atoms with Crippen LogP contribution in [0.1, 0.15) is 179 Å². The second kappa shape index (κ2) is 21.7. The summed E-state index contributed by atoms with van der Waals surface area (Å²) in [6, 6.07) is 18.2. The molecule has 1 unspecified atom stereocenters. The average molecular weight is 689 g/mol. The molecule has 4 nitrogen and oxygen atoms in total. The third-order valence-electron chi connectivity index (χ3n) is 12.4. The summed E-state index contributed by atoms with van der Waals surface area (Å²) in [4.78, 5) is 0. The van der Waals surface area contributed by atoms with E-state index in [0.717, 1.165) is 31.1 Å². The van der Waals surface area contributed by atoms with Gasteiger partial charge in [-0.3, -0.25) is 0 Å². The van der Waals surface area contributed by atoms with Gasteiger partial charge in [0.25, 0.3) is 0 Å². The Kier molecular flexibility index (Phi) is 17.2. The van der Waals surface area contributed by atoms with Crippen LogP contribution in [0, 0.1) is 17.8 Å². The molecule has 2 aliphatic heterocycles. The van der Waals surface area contributed by atoms with E-state index in [1.165, 1.54) is 139 Å². The maximum atomic E-state index is 6.36. The molecule has 2 heterocycles. The zero-order valence-electron chi connectivity index (χ0n) is 32.4. The van der Waals surface area contributed by atoms with Crippen molar-refractivity contribution in [1.82, 2.24) is 0 Å². The van der Waals surface area contributed by atoms with Gasteiger partial charge in [-0.15, -0.1) is 0 Å². The molecule has 2 saturated heterocycles. The predicted octanol–water partition coefficient (Wildman–Crippen LogP) is 13.3. The average Bonchev–Trinajstić information content (AvgIpc) is 3.15. The van der Waals surface area contributed by atoms with Crippen molar-refractivity contribution in [2.45, 2.75) is 187 Å². The Labute approximate surface area is 306 Å². The van der Waals surface area contributed by atoms with Crippen molar-refractivity contribution in [3.63, 3.8) is 0 Å². The van der Waals surface area contributed by atoms with Gasteiger partial charge in [0, 0.05) is 17.4 Å². The number of hydrogen-bond acceptors (Lipinski definition) is 4. The van der Waals surface area contributed by atoms with E-state index >= 15 is 0 Å². The van der Waals surface area contributed by atoms with Crippen LogP contribution in [0.4, 0.5) is 0 Å². The van der Waals surface area contributed by atoms with Crippen LogP contribution in [-0.2, 0) is 18.9 Å². The largest absolute Gasteiger partial charge is 0.352 e. The van der Waals surface area contributed by atoms with Gasteiger partial charge in [-0.05, 0) is 93.7 Å². The minimum absolute atomic E-state index is 0.00323. The van der Waals surface area contributed by atoms with Crippen LogP contribution in [-0.4, -0.2) is 31.7 Å². The molecule has 6 atom stereocenters. The van der Waals surface area contributed by atoms with Gasteiger partial charge in [-0.2, -0.15) is 0 Å². The molecule has 3 aliphatic rings. The lowest BCUT2D eigenvalue weighted by atomic mass is 9.77. The second-order valence-corrected chi connectivity index (χ2v) is 16.3. The zero-order chi connectivity index (χ0) is 35.0. The lowest BCUT2D eigenvalue weighted by Crippen LogP contribution is -2.38. The lowest BCUT2D eigenvalue weighted by molar-refractivity contribution is -0.237. The van der Waals surface area contributed by atoms with E-state index in [9.17, 15) is 0 Å². The van der Waals surface area contributed by atoms with Crippen molar-refractivity contribution >= 4 is 0 Å². The first-order valence-corrected chi connectivity index (χ1v) is 21.3. The van der Waals surface area contributed by atoms with Crippen LogP contribution >= 0.6 is 0 Å². The van der Waals surface area contributed by atoms with Gasteiger partial charge < -0.3 is 18.9 Å². The first-order valence-electron chi connectivity index (χ1n) is 21.3. The second-order valence-electron chi connectivity index (χ2n) is 16.3.